The number of hydrogen-bond acceptors (Lipinski definition) is 3. The normalized spacial score (nSPS) is 10.3. The van der Waals surface area contributed by atoms with Crippen molar-refractivity contribution < 1.29 is 14.1 Å². The lowest BCUT2D eigenvalue weighted by molar-refractivity contribution is -0.386. The molecule has 0 aliphatic rings. The van der Waals surface area contributed by atoms with Gasteiger partial charge in [0.2, 0.25) is 0 Å². The van der Waals surface area contributed by atoms with Crippen molar-refractivity contribution in [1.29, 1.82) is 0 Å². The van der Waals surface area contributed by atoms with Crippen molar-refractivity contribution in [3.05, 3.63) is 69.5 Å². The summed E-state index contributed by atoms with van der Waals surface area (Å²) in [7, 11) is 0. The Balaban J connectivity index is 2.21. The number of nitrogens with zero attached hydrogens (tertiary/aromatic N) is 1. The minimum Gasteiger partial charge on any atom is -0.482 e. The zero-order chi connectivity index (χ0) is 14.5. The minimum atomic E-state index is -0.549. The van der Waals surface area contributed by atoms with E-state index in [1.807, 2.05) is 0 Å². The highest BCUT2D eigenvalue weighted by Gasteiger charge is 2.16. The Bertz CT molecular complexity index is 634. The molecule has 0 saturated carbocycles. The van der Waals surface area contributed by atoms with Crippen molar-refractivity contribution in [2.75, 3.05) is 0 Å². The largest absolute Gasteiger partial charge is 0.482 e. The average Bonchev–Trinajstić information content (AvgIpc) is 2.46. The van der Waals surface area contributed by atoms with Crippen LogP contribution in [0.4, 0.5) is 10.1 Å². The first-order chi connectivity index (χ1) is 9.61. The van der Waals surface area contributed by atoms with Crippen LogP contribution in [-0.2, 0) is 12.5 Å². The van der Waals surface area contributed by atoms with Crippen LogP contribution in [0, 0.1) is 15.9 Å². The van der Waals surface area contributed by atoms with Crippen molar-refractivity contribution in [1.82, 2.24) is 0 Å². The van der Waals surface area contributed by atoms with E-state index in [1.165, 1.54) is 18.2 Å². The Hall–Kier alpha value is -2.14. The van der Waals surface area contributed by atoms with E-state index >= 15 is 0 Å². The van der Waals surface area contributed by atoms with Gasteiger partial charge in [-0.05, 0) is 17.7 Å². The standard InChI is InChI=1S/C14H11ClFNO3/c15-8-10-5-6-14(13(7-10)17(18)19)20-9-11-3-1-2-4-12(11)16/h1-7H,8-9H2. The van der Waals surface area contributed by atoms with Crippen LogP contribution in [0.2, 0.25) is 0 Å². The highest BCUT2D eigenvalue weighted by Crippen LogP contribution is 2.29. The van der Waals surface area contributed by atoms with Crippen molar-refractivity contribution >= 4 is 17.3 Å². The Morgan fingerprint density at radius 1 is 1.25 bits per heavy atom. The maximum Gasteiger partial charge on any atom is 0.311 e. The Morgan fingerprint density at radius 3 is 2.65 bits per heavy atom. The molecule has 0 saturated heterocycles. The second-order valence-electron chi connectivity index (χ2n) is 4.07. The molecule has 0 heterocycles. The molecule has 0 aliphatic carbocycles. The molecule has 2 rings (SSSR count). The van der Waals surface area contributed by atoms with Crippen LogP contribution in [-0.4, -0.2) is 4.92 Å². The molecule has 0 bridgehead atoms. The van der Waals surface area contributed by atoms with Crippen molar-refractivity contribution in [2.24, 2.45) is 0 Å². The monoisotopic (exact) mass is 295 g/mol. The van der Waals surface area contributed by atoms with Gasteiger partial charge >= 0.3 is 5.69 Å². The van der Waals surface area contributed by atoms with Gasteiger partial charge in [0.1, 0.15) is 12.4 Å². The first kappa shape index (κ1) is 14.3. The molecule has 0 aliphatic heterocycles. The fraction of sp³-hybridized carbons (Fsp3) is 0.143. The number of benzene rings is 2. The predicted molar refractivity (Wildman–Crippen MR) is 73.4 cm³/mol. The third kappa shape index (κ3) is 3.24. The van der Waals surface area contributed by atoms with Gasteiger partial charge in [-0.15, -0.1) is 11.6 Å². The van der Waals surface area contributed by atoms with Crippen LogP contribution < -0.4 is 4.74 Å². The summed E-state index contributed by atoms with van der Waals surface area (Å²) in [6.07, 6.45) is 0. The molecule has 0 unspecified atom stereocenters. The molecule has 0 atom stereocenters. The lowest BCUT2D eigenvalue weighted by Gasteiger charge is -2.08. The van der Waals surface area contributed by atoms with E-state index in [2.05, 4.69) is 0 Å². The number of nitro groups is 1. The van der Waals surface area contributed by atoms with E-state index in [0.29, 0.717) is 11.1 Å². The zero-order valence-electron chi connectivity index (χ0n) is 10.4. The van der Waals surface area contributed by atoms with Gasteiger partial charge in [-0.3, -0.25) is 10.1 Å². The SMILES string of the molecule is O=[N+]([O-])c1cc(CCl)ccc1OCc1ccccc1F. The van der Waals surface area contributed by atoms with Gasteiger partial charge in [0.05, 0.1) is 4.92 Å². The van der Waals surface area contributed by atoms with Crippen LogP contribution in [0.5, 0.6) is 5.75 Å². The van der Waals surface area contributed by atoms with Crippen LogP contribution in [0.15, 0.2) is 42.5 Å². The average molecular weight is 296 g/mol. The van der Waals surface area contributed by atoms with E-state index in [9.17, 15) is 14.5 Å². The highest BCUT2D eigenvalue weighted by molar-refractivity contribution is 6.17. The van der Waals surface area contributed by atoms with Gasteiger partial charge in [-0.1, -0.05) is 24.3 Å². The van der Waals surface area contributed by atoms with Gasteiger partial charge < -0.3 is 4.74 Å². The molecular formula is C14H11ClFNO3. The number of halogens is 2. The first-order valence-electron chi connectivity index (χ1n) is 5.81. The fourth-order valence-electron chi connectivity index (χ4n) is 1.68. The summed E-state index contributed by atoms with van der Waals surface area (Å²) in [6, 6.07) is 10.6. The van der Waals surface area contributed by atoms with E-state index in [1.54, 1.807) is 24.3 Å². The maximum absolute atomic E-state index is 13.4. The quantitative estimate of drug-likeness (QED) is 0.475. The summed E-state index contributed by atoms with van der Waals surface area (Å²) in [5, 5.41) is 11.0. The molecule has 6 heteroatoms. The van der Waals surface area contributed by atoms with E-state index in [0.717, 1.165) is 0 Å². The Morgan fingerprint density at radius 2 is 2.00 bits per heavy atom. The summed E-state index contributed by atoms with van der Waals surface area (Å²) >= 11 is 5.64. The van der Waals surface area contributed by atoms with Gasteiger partial charge in [0.15, 0.2) is 5.75 Å². The van der Waals surface area contributed by atoms with Crippen molar-refractivity contribution in [3.63, 3.8) is 0 Å². The number of alkyl halides is 1. The van der Waals surface area contributed by atoms with Gasteiger partial charge in [0, 0.05) is 17.5 Å². The Kier molecular flexibility index (Phi) is 4.53. The third-order valence-corrected chi connectivity index (χ3v) is 3.02. The first-order valence-corrected chi connectivity index (χ1v) is 6.34. The predicted octanol–water partition coefficient (Wildman–Crippen LogP) is 4.05. The van der Waals surface area contributed by atoms with Crippen molar-refractivity contribution in [2.45, 2.75) is 12.5 Å². The number of hydrogen-bond donors (Lipinski definition) is 0. The molecule has 0 amide bonds. The summed E-state index contributed by atoms with van der Waals surface area (Å²) in [4.78, 5) is 10.4. The van der Waals surface area contributed by atoms with Gasteiger partial charge in [-0.2, -0.15) is 0 Å². The molecule has 20 heavy (non-hydrogen) atoms. The molecule has 4 nitrogen and oxygen atoms in total. The summed E-state index contributed by atoms with van der Waals surface area (Å²) in [6.45, 7) is -0.0757. The highest BCUT2D eigenvalue weighted by atomic mass is 35.5. The molecule has 0 spiro atoms. The van der Waals surface area contributed by atoms with Crippen LogP contribution in [0.1, 0.15) is 11.1 Å². The summed E-state index contributed by atoms with van der Waals surface area (Å²) < 4.78 is 18.8. The van der Waals surface area contributed by atoms with E-state index in [-0.39, 0.29) is 23.9 Å². The van der Waals surface area contributed by atoms with Crippen LogP contribution in [0.3, 0.4) is 0 Å². The number of rotatable bonds is 5. The van der Waals surface area contributed by atoms with Crippen LogP contribution >= 0.6 is 11.6 Å². The summed E-state index contributed by atoms with van der Waals surface area (Å²) in [5.41, 5.74) is 0.777. The number of ether oxygens (including phenoxy) is 1. The minimum absolute atomic E-state index is 0.0757. The maximum atomic E-state index is 13.4. The van der Waals surface area contributed by atoms with E-state index < -0.39 is 10.7 Å². The molecule has 2 aromatic rings. The molecule has 0 radical (unpaired) electrons. The lowest BCUT2D eigenvalue weighted by Crippen LogP contribution is -2.01. The molecule has 0 N–H and O–H groups in total. The van der Waals surface area contributed by atoms with Crippen molar-refractivity contribution in [3.8, 4) is 5.75 Å². The second kappa shape index (κ2) is 6.34. The second-order valence-corrected chi connectivity index (χ2v) is 4.34. The third-order valence-electron chi connectivity index (χ3n) is 2.72. The molecule has 0 fully saturated rings. The fourth-order valence-corrected chi connectivity index (χ4v) is 1.85. The Labute approximate surface area is 119 Å². The van der Waals surface area contributed by atoms with Gasteiger partial charge in [-0.25, -0.2) is 4.39 Å². The molecule has 104 valence electrons. The number of nitro benzene ring substituents is 1. The summed E-state index contributed by atoms with van der Waals surface area (Å²) in [5.74, 6) is -0.145. The lowest BCUT2D eigenvalue weighted by atomic mass is 10.2. The topological polar surface area (TPSA) is 52.4 Å². The zero-order valence-corrected chi connectivity index (χ0v) is 11.1. The smallest absolute Gasteiger partial charge is 0.311 e. The molecule has 2 aromatic carbocycles. The van der Waals surface area contributed by atoms with Crippen LogP contribution in [0.25, 0.3) is 0 Å². The van der Waals surface area contributed by atoms with E-state index in [4.69, 9.17) is 16.3 Å². The molecular weight excluding hydrogens is 285 g/mol. The molecule has 0 aromatic heterocycles. The van der Waals surface area contributed by atoms with Gasteiger partial charge in [0.25, 0.3) is 0 Å².